The van der Waals surface area contributed by atoms with E-state index in [1.54, 1.807) is 0 Å². The minimum atomic E-state index is -0.700. The molecule has 2 aliphatic heterocycles. The SMILES string of the molecule is O=C(O)CCCC=CC[C@@H]1[C@@H](CSCCCc2ccccc2)[C@@H]2CC[C@H]1O2. The lowest BCUT2D eigenvalue weighted by atomic mass is 9.78. The Morgan fingerprint density at radius 2 is 1.89 bits per heavy atom. The summed E-state index contributed by atoms with van der Waals surface area (Å²) in [6.07, 6.45) is 13.2. The summed E-state index contributed by atoms with van der Waals surface area (Å²) in [7, 11) is 0. The van der Waals surface area contributed by atoms with Crippen molar-refractivity contribution >= 4 is 17.7 Å². The summed E-state index contributed by atoms with van der Waals surface area (Å²) in [4.78, 5) is 10.6. The number of benzene rings is 1. The molecule has 4 atom stereocenters. The van der Waals surface area contributed by atoms with Crippen LogP contribution in [0.4, 0.5) is 0 Å². The van der Waals surface area contributed by atoms with Gasteiger partial charge in [-0.1, -0.05) is 42.5 Å². The average molecular weight is 389 g/mol. The van der Waals surface area contributed by atoms with Crippen molar-refractivity contribution in [2.24, 2.45) is 11.8 Å². The second-order valence-electron chi connectivity index (χ2n) is 7.78. The van der Waals surface area contributed by atoms with Crippen molar-refractivity contribution in [3.05, 3.63) is 48.0 Å². The van der Waals surface area contributed by atoms with Gasteiger partial charge in [-0.05, 0) is 73.9 Å². The van der Waals surface area contributed by atoms with Crippen LogP contribution in [-0.4, -0.2) is 34.8 Å². The molecule has 4 heteroatoms. The lowest BCUT2D eigenvalue weighted by Crippen LogP contribution is -2.28. The van der Waals surface area contributed by atoms with Crippen molar-refractivity contribution in [1.82, 2.24) is 0 Å². The highest BCUT2D eigenvalue weighted by Gasteiger charge is 2.47. The van der Waals surface area contributed by atoms with Gasteiger partial charge in [0.1, 0.15) is 0 Å². The number of thioether (sulfide) groups is 1. The van der Waals surface area contributed by atoms with Crippen LogP contribution in [0.3, 0.4) is 0 Å². The topological polar surface area (TPSA) is 46.5 Å². The predicted molar refractivity (Wildman–Crippen MR) is 112 cm³/mol. The molecule has 2 bridgehead atoms. The van der Waals surface area contributed by atoms with Crippen LogP contribution in [0.15, 0.2) is 42.5 Å². The molecule has 0 radical (unpaired) electrons. The van der Waals surface area contributed by atoms with Gasteiger partial charge in [0.05, 0.1) is 12.2 Å². The smallest absolute Gasteiger partial charge is 0.303 e. The molecule has 2 heterocycles. The molecular weight excluding hydrogens is 356 g/mol. The normalized spacial score (nSPS) is 26.8. The molecule has 27 heavy (non-hydrogen) atoms. The van der Waals surface area contributed by atoms with Gasteiger partial charge in [-0.15, -0.1) is 0 Å². The van der Waals surface area contributed by atoms with Gasteiger partial charge in [0.15, 0.2) is 0 Å². The number of carbonyl (C=O) groups is 1. The Morgan fingerprint density at radius 1 is 1.11 bits per heavy atom. The van der Waals surface area contributed by atoms with E-state index in [1.165, 1.54) is 42.8 Å². The van der Waals surface area contributed by atoms with Crippen LogP contribution < -0.4 is 0 Å². The number of carboxylic acid groups (broad SMARTS) is 1. The van der Waals surface area contributed by atoms with Crippen molar-refractivity contribution in [1.29, 1.82) is 0 Å². The van der Waals surface area contributed by atoms with E-state index in [-0.39, 0.29) is 6.42 Å². The Labute approximate surface area is 167 Å². The molecule has 2 aliphatic rings. The standard InChI is InChI=1S/C23H32O3S/c24-23(25)13-7-2-1-6-12-19-20(22-15-14-21(19)26-22)17-27-16-8-11-18-9-4-3-5-10-18/h1,3-6,9-10,19-22H,2,7-8,11-17H2,(H,24,25)/t19-,20-,21-,22+/m1/s1. The number of hydrogen-bond donors (Lipinski definition) is 1. The first kappa shape index (κ1) is 20.5. The molecule has 0 saturated carbocycles. The molecule has 2 fully saturated rings. The fourth-order valence-electron chi connectivity index (χ4n) is 4.41. The number of fused-ring (bicyclic) bond motifs is 2. The first-order valence-electron chi connectivity index (χ1n) is 10.4. The maximum Gasteiger partial charge on any atom is 0.303 e. The van der Waals surface area contributed by atoms with E-state index in [0.717, 1.165) is 19.3 Å². The van der Waals surface area contributed by atoms with Gasteiger partial charge in [-0.3, -0.25) is 4.79 Å². The van der Waals surface area contributed by atoms with E-state index in [0.29, 0.717) is 24.0 Å². The summed E-state index contributed by atoms with van der Waals surface area (Å²) < 4.78 is 6.21. The lowest BCUT2D eigenvalue weighted by molar-refractivity contribution is -0.137. The van der Waals surface area contributed by atoms with E-state index in [2.05, 4.69) is 54.2 Å². The van der Waals surface area contributed by atoms with Crippen molar-refractivity contribution in [3.8, 4) is 0 Å². The maximum absolute atomic E-state index is 10.6. The molecular formula is C23H32O3S. The Bertz CT molecular complexity index is 601. The van der Waals surface area contributed by atoms with Crippen LogP contribution >= 0.6 is 11.8 Å². The molecule has 3 nitrogen and oxygen atoms in total. The fraction of sp³-hybridized carbons (Fsp3) is 0.609. The zero-order valence-corrected chi connectivity index (χ0v) is 16.9. The van der Waals surface area contributed by atoms with Crippen molar-refractivity contribution in [3.63, 3.8) is 0 Å². The van der Waals surface area contributed by atoms with E-state index in [4.69, 9.17) is 9.84 Å². The fourth-order valence-corrected chi connectivity index (χ4v) is 5.66. The Kier molecular flexibility index (Phi) is 8.28. The summed E-state index contributed by atoms with van der Waals surface area (Å²) >= 11 is 2.09. The molecule has 1 N–H and O–H groups in total. The van der Waals surface area contributed by atoms with Crippen molar-refractivity contribution < 1.29 is 14.6 Å². The number of allylic oxidation sites excluding steroid dienone is 2. The number of rotatable bonds is 12. The monoisotopic (exact) mass is 388 g/mol. The van der Waals surface area contributed by atoms with E-state index < -0.39 is 5.97 Å². The maximum atomic E-state index is 10.6. The predicted octanol–water partition coefficient (Wildman–Crippen LogP) is 5.35. The molecule has 2 saturated heterocycles. The first-order chi connectivity index (χ1) is 13.2. The van der Waals surface area contributed by atoms with Crippen molar-refractivity contribution in [2.45, 2.75) is 63.6 Å². The summed E-state index contributed by atoms with van der Waals surface area (Å²) in [6.45, 7) is 0. The third-order valence-electron chi connectivity index (χ3n) is 5.83. The zero-order chi connectivity index (χ0) is 18.9. The van der Waals surface area contributed by atoms with Gasteiger partial charge < -0.3 is 9.84 Å². The van der Waals surface area contributed by atoms with Crippen LogP contribution in [0.5, 0.6) is 0 Å². The highest BCUT2D eigenvalue weighted by atomic mass is 32.2. The molecule has 148 valence electrons. The van der Waals surface area contributed by atoms with Gasteiger partial charge in [-0.2, -0.15) is 11.8 Å². The second-order valence-corrected chi connectivity index (χ2v) is 8.93. The van der Waals surface area contributed by atoms with Crippen LogP contribution in [0.1, 0.15) is 50.5 Å². The average Bonchev–Trinajstić information content (AvgIpc) is 3.27. The van der Waals surface area contributed by atoms with E-state index >= 15 is 0 Å². The molecule has 0 spiro atoms. The molecule has 1 aromatic carbocycles. The third-order valence-corrected chi connectivity index (χ3v) is 7.03. The Morgan fingerprint density at radius 3 is 2.67 bits per heavy atom. The van der Waals surface area contributed by atoms with E-state index in [9.17, 15) is 4.79 Å². The number of aliphatic carboxylic acids is 1. The van der Waals surface area contributed by atoms with E-state index in [1.807, 2.05) is 0 Å². The number of carboxylic acids is 1. The molecule has 3 rings (SSSR count). The van der Waals surface area contributed by atoms with Crippen molar-refractivity contribution in [2.75, 3.05) is 11.5 Å². The summed E-state index contributed by atoms with van der Waals surface area (Å²) in [6, 6.07) is 10.7. The van der Waals surface area contributed by atoms with Crippen LogP contribution in [0.25, 0.3) is 0 Å². The molecule has 0 amide bonds. The highest BCUT2D eigenvalue weighted by Crippen LogP contribution is 2.46. The molecule has 1 aromatic rings. The molecule has 0 aliphatic carbocycles. The first-order valence-corrected chi connectivity index (χ1v) is 11.5. The van der Waals surface area contributed by atoms with Gasteiger partial charge in [0, 0.05) is 6.42 Å². The largest absolute Gasteiger partial charge is 0.481 e. The third kappa shape index (κ3) is 6.39. The van der Waals surface area contributed by atoms with Crippen LogP contribution in [0, 0.1) is 11.8 Å². The highest BCUT2D eigenvalue weighted by molar-refractivity contribution is 7.99. The number of ether oxygens (including phenoxy) is 1. The Hall–Kier alpha value is -1.26. The number of unbranched alkanes of at least 4 members (excludes halogenated alkanes) is 1. The molecule has 0 aromatic heterocycles. The summed E-state index contributed by atoms with van der Waals surface area (Å²) in [5.74, 6) is 3.08. The summed E-state index contributed by atoms with van der Waals surface area (Å²) in [5.41, 5.74) is 1.44. The van der Waals surface area contributed by atoms with Gasteiger partial charge in [0.2, 0.25) is 0 Å². The minimum absolute atomic E-state index is 0.268. The summed E-state index contributed by atoms with van der Waals surface area (Å²) in [5, 5.41) is 8.69. The van der Waals surface area contributed by atoms with Crippen LogP contribution in [0.2, 0.25) is 0 Å². The minimum Gasteiger partial charge on any atom is -0.481 e. The Balaban J connectivity index is 1.35. The zero-order valence-electron chi connectivity index (χ0n) is 16.1. The lowest BCUT2D eigenvalue weighted by Gasteiger charge is -2.27. The molecule has 0 unspecified atom stereocenters. The quantitative estimate of drug-likeness (QED) is 0.387. The van der Waals surface area contributed by atoms with Gasteiger partial charge in [0.25, 0.3) is 0 Å². The number of aryl methyl sites for hydroxylation is 1. The van der Waals surface area contributed by atoms with Crippen LogP contribution in [-0.2, 0) is 16.0 Å². The second kappa shape index (κ2) is 10.9. The van der Waals surface area contributed by atoms with Gasteiger partial charge in [-0.25, -0.2) is 0 Å². The van der Waals surface area contributed by atoms with Gasteiger partial charge >= 0.3 is 5.97 Å². The number of hydrogen-bond acceptors (Lipinski definition) is 3.